The van der Waals surface area contributed by atoms with Crippen molar-refractivity contribution in [1.29, 1.82) is 0 Å². The number of hydrogen-bond donors (Lipinski definition) is 5. The Morgan fingerprint density at radius 1 is 0.925 bits per heavy atom. The van der Waals surface area contributed by atoms with Gasteiger partial charge in [-0.1, -0.05) is 18.2 Å². The zero-order valence-corrected chi connectivity index (χ0v) is 21.2. The lowest BCUT2D eigenvalue weighted by atomic mass is 9.86. The Kier molecular flexibility index (Phi) is 6.34. The molecule has 0 aliphatic rings. The van der Waals surface area contributed by atoms with Crippen molar-refractivity contribution in [1.82, 2.24) is 4.57 Å². The van der Waals surface area contributed by atoms with Crippen LogP contribution in [-0.4, -0.2) is 43.2 Å². The smallest absolute Gasteiger partial charge is 0.306 e. The molecule has 3 aromatic carbocycles. The molecule has 11 nitrogen and oxygen atoms in total. The van der Waals surface area contributed by atoms with Crippen molar-refractivity contribution < 1.29 is 39.5 Å². The minimum Gasteiger partial charge on any atom is -0.507 e. The molecular weight excluding hydrogens is 522 g/mol. The minimum atomic E-state index is -1.23. The van der Waals surface area contributed by atoms with Crippen molar-refractivity contribution in [2.45, 2.75) is 12.3 Å². The van der Waals surface area contributed by atoms with E-state index in [0.29, 0.717) is 10.9 Å². The predicted molar refractivity (Wildman–Crippen MR) is 144 cm³/mol. The molecule has 0 unspecified atom stereocenters. The average molecular weight is 546 g/mol. The fourth-order valence-corrected chi connectivity index (χ4v) is 4.86. The summed E-state index contributed by atoms with van der Waals surface area (Å²) in [6.07, 6.45) is -0.461. The summed E-state index contributed by atoms with van der Waals surface area (Å²) in [7, 11) is 2.70. The Morgan fingerprint density at radius 2 is 1.65 bits per heavy atom. The Labute approximate surface area is 225 Å². The van der Waals surface area contributed by atoms with Gasteiger partial charge in [0.15, 0.2) is 17.3 Å². The maximum absolute atomic E-state index is 13.6. The van der Waals surface area contributed by atoms with Crippen LogP contribution in [0.4, 0.5) is 0 Å². The van der Waals surface area contributed by atoms with Crippen LogP contribution in [0, 0.1) is 0 Å². The molecule has 0 saturated carbocycles. The third-order valence-corrected chi connectivity index (χ3v) is 6.86. The monoisotopic (exact) mass is 545 g/mol. The SMILES string of the molecule is COC(=O)C[C@@H](c1cc2ccccc2n(C)c1=O)c1c(O)cc(O)c2c(=O)c(O)c(-c3ccc(O)c(O)c3)oc12. The van der Waals surface area contributed by atoms with Gasteiger partial charge in [0, 0.05) is 35.7 Å². The second-order valence-corrected chi connectivity index (χ2v) is 9.20. The molecule has 0 spiro atoms. The van der Waals surface area contributed by atoms with Crippen LogP contribution in [-0.2, 0) is 16.6 Å². The van der Waals surface area contributed by atoms with E-state index in [4.69, 9.17) is 9.15 Å². The number of aryl methyl sites for hydroxylation is 1. The number of methoxy groups -OCH3 is 1. The molecule has 0 bridgehead atoms. The molecule has 0 fully saturated rings. The van der Waals surface area contributed by atoms with Gasteiger partial charge in [0.05, 0.1) is 19.0 Å². The number of phenolic OH excluding ortho intramolecular Hbond substituents is 4. The summed E-state index contributed by atoms with van der Waals surface area (Å²) in [6, 6.07) is 12.8. The van der Waals surface area contributed by atoms with Crippen LogP contribution in [0.15, 0.2) is 68.6 Å². The van der Waals surface area contributed by atoms with Gasteiger partial charge in [-0.05, 0) is 35.7 Å². The van der Waals surface area contributed by atoms with E-state index in [1.807, 2.05) is 0 Å². The van der Waals surface area contributed by atoms with Crippen molar-refractivity contribution >= 4 is 27.8 Å². The number of aromatic nitrogens is 1. The lowest BCUT2D eigenvalue weighted by molar-refractivity contribution is -0.140. The first-order valence-corrected chi connectivity index (χ1v) is 12.0. The molecule has 0 radical (unpaired) electrons. The number of para-hydroxylation sites is 1. The van der Waals surface area contributed by atoms with Crippen LogP contribution in [0.3, 0.4) is 0 Å². The highest BCUT2D eigenvalue weighted by Crippen LogP contribution is 2.44. The predicted octanol–water partition coefficient (Wildman–Crippen LogP) is 3.53. The van der Waals surface area contributed by atoms with E-state index in [1.165, 1.54) is 10.6 Å². The molecule has 0 saturated heterocycles. The molecule has 0 aliphatic heterocycles. The Balaban J connectivity index is 1.90. The van der Waals surface area contributed by atoms with Crippen LogP contribution in [0.2, 0.25) is 0 Å². The van der Waals surface area contributed by atoms with E-state index in [9.17, 15) is 39.9 Å². The van der Waals surface area contributed by atoms with E-state index in [1.54, 1.807) is 37.4 Å². The normalized spacial score (nSPS) is 12.1. The number of ether oxygens (including phenoxy) is 1. The second kappa shape index (κ2) is 9.70. The number of esters is 1. The summed E-state index contributed by atoms with van der Waals surface area (Å²) >= 11 is 0. The number of carbonyl (C=O) groups excluding carboxylic acids is 1. The van der Waals surface area contributed by atoms with Gasteiger partial charge in [-0.15, -0.1) is 0 Å². The number of carbonyl (C=O) groups is 1. The van der Waals surface area contributed by atoms with Crippen LogP contribution >= 0.6 is 0 Å². The zero-order chi connectivity index (χ0) is 28.9. The molecule has 0 amide bonds. The number of benzene rings is 3. The third-order valence-electron chi connectivity index (χ3n) is 6.86. The number of phenols is 4. The molecular formula is C29H23NO10. The molecule has 204 valence electrons. The van der Waals surface area contributed by atoms with Gasteiger partial charge in [0.2, 0.25) is 11.2 Å². The van der Waals surface area contributed by atoms with E-state index >= 15 is 0 Å². The maximum Gasteiger partial charge on any atom is 0.306 e. The second-order valence-electron chi connectivity index (χ2n) is 9.20. The van der Waals surface area contributed by atoms with Crippen molar-refractivity contribution in [3.8, 4) is 40.1 Å². The topological polar surface area (TPSA) is 180 Å². The first-order valence-electron chi connectivity index (χ1n) is 12.0. The maximum atomic E-state index is 13.6. The highest BCUT2D eigenvalue weighted by atomic mass is 16.5. The minimum absolute atomic E-state index is 0.0216. The molecule has 2 aromatic heterocycles. The average Bonchev–Trinajstić information content (AvgIpc) is 2.93. The highest BCUT2D eigenvalue weighted by molar-refractivity contribution is 5.92. The standard InChI is InChI=1S/C29H23NO10/c1-30-17-6-4-3-5-13(17)9-16(29(30)38)15(11-22(35)39-2)23-20(33)12-21(34)24-25(36)26(37)27(40-28(23)24)14-7-8-18(31)19(32)10-14/h3-10,12,15,31-34,37H,11H2,1-2H3/t15-/m0/s1. The molecule has 5 rings (SSSR count). The summed E-state index contributed by atoms with van der Waals surface area (Å²) in [5, 5.41) is 52.1. The summed E-state index contributed by atoms with van der Waals surface area (Å²) < 4.78 is 12.1. The molecule has 5 N–H and O–H groups in total. The van der Waals surface area contributed by atoms with Gasteiger partial charge in [-0.25, -0.2) is 0 Å². The number of rotatable bonds is 5. The fraction of sp³-hybridized carbons (Fsp3) is 0.138. The number of aromatic hydroxyl groups is 5. The van der Waals surface area contributed by atoms with Crippen LogP contribution in [0.1, 0.15) is 23.5 Å². The number of hydrogen-bond acceptors (Lipinski definition) is 10. The molecule has 1 atom stereocenters. The van der Waals surface area contributed by atoms with E-state index < -0.39 is 74.8 Å². The van der Waals surface area contributed by atoms with E-state index in [-0.39, 0.29) is 16.7 Å². The Hall–Kier alpha value is -5.45. The summed E-state index contributed by atoms with van der Waals surface area (Å²) in [5.41, 5.74) is -1.53. The molecule has 0 aliphatic carbocycles. The van der Waals surface area contributed by atoms with Crippen molar-refractivity contribution in [2.75, 3.05) is 7.11 Å². The lowest BCUT2D eigenvalue weighted by Gasteiger charge is -2.21. The first-order chi connectivity index (χ1) is 19.0. The fourth-order valence-electron chi connectivity index (χ4n) is 4.86. The van der Waals surface area contributed by atoms with Crippen LogP contribution in [0.5, 0.6) is 28.7 Å². The third kappa shape index (κ3) is 4.13. The Bertz CT molecular complexity index is 1950. The summed E-state index contributed by atoms with van der Waals surface area (Å²) in [5.74, 6) is -5.70. The first kappa shape index (κ1) is 26.2. The van der Waals surface area contributed by atoms with Crippen molar-refractivity contribution in [3.63, 3.8) is 0 Å². The van der Waals surface area contributed by atoms with Gasteiger partial charge >= 0.3 is 5.97 Å². The molecule has 40 heavy (non-hydrogen) atoms. The number of nitrogens with zero attached hydrogens (tertiary/aromatic N) is 1. The molecule has 5 aromatic rings. The van der Waals surface area contributed by atoms with E-state index in [0.717, 1.165) is 25.3 Å². The molecule has 2 heterocycles. The summed E-state index contributed by atoms with van der Waals surface area (Å²) in [4.78, 5) is 39.4. The highest BCUT2D eigenvalue weighted by Gasteiger charge is 2.31. The van der Waals surface area contributed by atoms with Gasteiger partial charge < -0.3 is 39.3 Å². The van der Waals surface area contributed by atoms with Gasteiger partial charge in [-0.2, -0.15) is 0 Å². The van der Waals surface area contributed by atoms with E-state index in [2.05, 4.69) is 0 Å². The van der Waals surface area contributed by atoms with Crippen LogP contribution < -0.4 is 11.0 Å². The van der Waals surface area contributed by atoms with Gasteiger partial charge in [-0.3, -0.25) is 14.4 Å². The Morgan fingerprint density at radius 3 is 2.35 bits per heavy atom. The van der Waals surface area contributed by atoms with Gasteiger partial charge in [0.25, 0.3) is 5.56 Å². The number of fused-ring (bicyclic) bond motifs is 2. The van der Waals surface area contributed by atoms with Crippen molar-refractivity contribution in [3.05, 3.63) is 86.3 Å². The van der Waals surface area contributed by atoms with Crippen LogP contribution in [0.25, 0.3) is 33.2 Å². The lowest BCUT2D eigenvalue weighted by Crippen LogP contribution is -2.25. The van der Waals surface area contributed by atoms with Crippen molar-refractivity contribution in [2.24, 2.45) is 7.05 Å². The number of pyridine rings is 1. The zero-order valence-electron chi connectivity index (χ0n) is 21.2. The van der Waals surface area contributed by atoms with Gasteiger partial charge in [0.1, 0.15) is 22.5 Å². The summed E-state index contributed by atoms with van der Waals surface area (Å²) in [6.45, 7) is 0. The largest absolute Gasteiger partial charge is 0.507 e. The quantitative estimate of drug-likeness (QED) is 0.162. The molecule has 11 heteroatoms.